The summed E-state index contributed by atoms with van der Waals surface area (Å²) in [5.41, 5.74) is 0.374. The van der Waals surface area contributed by atoms with E-state index in [2.05, 4.69) is 15.9 Å². The Kier molecular flexibility index (Phi) is 5.45. The molecule has 130 valence electrons. The van der Waals surface area contributed by atoms with Crippen LogP contribution in [-0.4, -0.2) is 31.8 Å². The minimum absolute atomic E-state index is 0.125. The lowest BCUT2D eigenvalue weighted by Crippen LogP contribution is -2.19. The first-order valence-electron chi connectivity index (χ1n) is 7.19. The minimum Gasteiger partial charge on any atom is -0.481 e. The van der Waals surface area contributed by atoms with Gasteiger partial charge in [0.15, 0.2) is 30.5 Å². The quantitative estimate of drug-likeness (QED) is 0.518. The number of fused-ring (bicyclic) bond motifs is 1. The van der Waals surface area contributed by atoms with Crippen LogP contribution in [0, 0.1) is 0 Å². The molecule has 3 rings (SSSR count). The van der Waals surface area contributed by atoms with Gasteiger partial charge in [-0.25, -0.2) is 4.79 Å². The van der Waals surface area contributed by atoms with E-state index in [1.54, 1.807) is 36.4 Å². The molecule has 6 nitrogen and oxygen atoms in total. The predicted molar refractivity (Wildman–Crippen MR) is 92.5 cm³/mol. The molecule has 0 atom stereocenters. The average Bonchev–Trinajstić information content (AvgIpc) is 3.06. The molecule has 1 heterocycles. The Morgan fingerprint density at radius 2 is 1.88 bits per heavy atom. The summed E-state index contributed by atoms with van der Waals surface area (Å²) in [7, 11) is 0. The number of ketones is 1. The maximum absolute atomic E-state index is 12.1. The number of ether oxygens (including phenoxy) is 4. The molecule has 0 unspecified atom stereocenters. The molecule has 0 radical (unpaired) electrons. The van der Waals surface area contributed by atoms with Gasteiger partial charge in [-0.3, -0.25) is 4.79 Å². The highest BCUT2D eigenvalue weighted by Crippen LogP contribution is 2.32. The number of hydrogen-bond donors (Lipinski definition) is 0. The monoisotopic (exact) mass is 426 g/mol. The van der Waals surface area contributed by atoms with Gasteiger partial charge in [0.25, 0.3) is 0 Å². The van der Waals surface area contributed by atoms with Gasteiger partial charge in [0.1, 0.15) is 5.75 Å². The Morgan fingerprint density at radius 3 is 2.68 bits per heavy atom. The second kappa shape index (κ2) is 7.76. The van der Waals surface area contributed by atoms with Crippen LogP contribution < -0.4 is 14.2 Å². The highest BCUT2D eigenvalue weighted by Gasteiger charge is 2.17. The normalized spacial score (nSPS) is 11.9. The van der Waals surface area contributed by atoms with E-state index in [0.29, 0.717) is 32.3 Å². The fourth-order valence-corrected chi connectivity index (χ4v) is 2.87. The lowest BCUT2D eigenvalue weighted by Gasteiger charge is -2.08. The molecule has 0 aromatic heterocycles. The first-order chi connectivity index (χ1) is 12.0. The molecule has 8 heteroatoms. The molecule has 0 saturated carbocycles. The second-order valence-electron chi connectivity index (χ2n) is 5.02. The van der Waals surface area contributed by atoms with Gasteiger partial charge in [-0.15, -0.1) is 0 Å². The fourth-order valence-electron chi connectivity index (χ4n) is 2.07. The van der Waals surface area contributed by atoms with Gasteiger partial charge < -0.3 is 18.9 Å². The SMILES string of the molecule is O=C(COc1ccc(Cl)cc1Br)OCC(=O)c1ccc2c(c1)OCO2. The molecule has 0 amide bonds. The second-order valence-corrected chi connectivity index (χ2v) is 6.31. The summed E-state index contributed by atoms with van der Waals surface area (Å²) < 4.78 is 21.3. The molecule has 0 N–H and O–H groups in total. The van der Waals surface area contributed by atoms with Crippen molar-refractivity contribution in [1.82, 2.24) is 0 Å². The number of esters is 1. The summed E-state index contributed by atoms with van der Waals surface area (Å²) in [4.78, 5) is 23.8. The van der Waals surface area contributed by atoms with Crippen molar-refractivity contribution in [3.05, 3.63) is 51.5 Å². The van der Waals surface area contributed by atoms with E-state index >= 15 is 0 Å². The van der Waals surface area contributed by atoms with E-state index in [1.807, 2.05) is 0 Å². The molecule has 0 bridgehead atoms. The van der Waals surface area contributed by atoms with E-state index in [-0.39, 0.29) is 25.8 Å². The lowest BCUT2D eigenvalue weighted by atomic mass is 10.1. The van der Waals surface area contributed by atoms with Crippen LogP contribution in [0.4, 0.5) is 0 Å². The van der Waals surface area contributed by atoms with Crippen LogP contribution in [-0.2, 0) is 9.53 Å². The Bertz CT molecular complexity index is 823. The molecule has 25 heavy (non-hydrogen) atoms. The molecule has 0 aliphatic carbocycles. The average molecular weight is 428 g/mol. The van der Waals surface area contributed by atoms with Crippen molar-refractivity contribution in [2.75, 3.05) is 20.0 Å². The number of benzene rings is 2. The largest absolute Gasteiger partial charge is 0.481 e. The zero-order valence-corrected chi connectivity index (χ0v) is 15.1. The smallest absolute Gasteiger partial charge is 0.344 e. The molecule has 2 aromatic carbocycles. The molecule has 0 saturated heterocycles. The zero-order chi connectivity index (χ0) is 17.8. The Morgan fingerprint density at radius 1 is 1.08 bits per heavy atom. The fraction of sp³-hybridized carbons (Fsp3) is 0.176. The number of carbonyl (C=O) groups excluding carboxylic acids is 2. The van der Waals surface area contributed by atoms with Crippen molar-refractivity contribution in [1.29, 1.82) is 0 Å². The summed E-state index contributed by atoms with van der Waals surface area (Å²) in [6.07, 6.45) is 0. The summed E-state index contributed by atoms with van der Waals surface area (Å²) in [5, 5.41) is 0.538. The van der Waals surface area contributed by atoms with E-state index in [0.717, 1.165) is 0 Å². The molecular weight excluding hydrogens is 416 g/mol. The van der Waals surface area contributed by atoms with E-state index < -0.39 is 5.97 Å². The molecular formula is C17H12BrClO6. The van der Waals surface area contributed by atoms with Gasteiger partial charge >= 0.3 is 5.97 Å². The Hall–Kier alpha value is -2.25. The standard InChI is InChI=1S/C17H12BrClO6/c18-12-6-11(19)2-4-14(12)22-8-17(21)23-7-13(20)10-1-3-15-16(5-10)25-9-24-15/h1-6H,7-9H2. The number of carbonyl (C=O) groups is 2. The van der Waals surface area contributed by atoms with Gasteiger partial charge in [-0.2, -0.15) is 0 Å². The minimum atomic E-state index is -0.657. The molecule has 1 aliphatic rings. The van der Waals surface area contributed by atoms with Crippen LogP contribution in [0.3, 0.4) is 0 Å². The first kappa shape index (κ1) is 17.6. The van der Waals surface area contributed by atoms with Gasteiger partial charge in [0, 0.05) is 10.6 Å². The van der Waals surface area contributed by atoms with Crippen molar-refractivity contribution in [2.24, 2.45) is 0 Å². The summed E-state index contributed by atoms with van der Waals surface area (Å²) in [6, 6.07) is 9.68. The third kappa shape index (κ3) is 4.43. The van der Waals surface area contributed by atoms with Crippen LogP contribution in [0.1, 0.15) is 10.4 Å². The van der Waals surface area contributed by atoms with Crippen molar-refractivity contribution >= 4 is 39.3 Å². The Labute approximate surface area is 156 Å². The van der Waals surface area contributed by atoms with E-state index in [1.165, 1.54) is 0 Å². The first-order valence-corrected chi connectivity index (χ1v) is 8.36. The lowest BCUT2D eigenvalue weighted by molar-refractivity contribution is -0.144. The van der Waals surface area contributed by atoms with Crippen molar-refractivity contribution in [3.8, 4) is 17.2 Å². The van der Waals surface area contributed by atoms with Crippen molar-refractivity contribution in [3.63, 3.8) is 0 Å². The highest BCUT2D eigenvalue weighted by atomic mass is 79.9. The molecule has 2 aromatic rings. The number of hydrogen-bond acceptors (Lipinski definition) is 6. The third-order valence-corrected chi connectivity index (χ3v) is 4.15. The maximum Gasteiger partial charge on any atom is 0.344 e. The predicted octanol–water partition coefficient (Wildman–Crippen LogP) is 3.64. The summed E-state index contributed by atoms with van der Waals surface area (Å²) >= 11 is 9.10. The molecule has 1 aliphatic heterocycles. The van der Waals surface area contributed by atoms with Crippen molar-refractivity contribution in [2.45, 2.75) is 0 Å². The highest BCUT2D eigenvalue weighted by molar-refractivity contribution is 9.10. The Balaban J connectivity index is 1.49. The number of rotatable bonds is 6. The van der Waals surface area contributed by atoms with Crippen LogP contribution in [0.25, 0.3) is 0 Å². The molecule has 0 fully saturated rings. The van der Waals surface area contributed by atoms with Crippen molar-refractivity contribution < 1.29 is 28.5 Å². The van der Waals surface area contributed by atoms with Gasteiger partial charge in [0.2, 0.25) is 6.79 Å². The van der Waals surface area contributed by atoms with Crippen LogP contribution in [0.15, 0.2) is 40.9 Å². The van der Waals surface area contributed by atoms with Crippen LogP contribution in [0.5, 0.6) is 17.2 Å². The van der Waals surface area contributed by atoms with E-state index in [4.69, 9.17) is 30.5 Å². The maximum atomic E-state index is 12.1. The van der Waals surface area contributed by atoms with Crippen LogP contribution >= 0.6 is 27.5 Å². The zero-order valence-electron chi connectivity index (χ0n) is 12.8. The van der Waals surface area contributed by atoms with Gasteiger partial charge in [0.05, 0.1) is 4.47 Å². The number of halogens is 2. The number of Topliss-reactive ketones (excluding diaryl/α,β-unsaturated/α-hetero) is 1. The summed E-state index contributed by atoms with van der Waals surface area (Å²) in [6.45, 7) is -0.585. The van der Waals surface area contributed by atoms with E-state index in [9.17, 15) is 9.59 Å². The molecule has 0 spiro atoms. The summed E-state index contributed by atoms with van der Waals surface area (Å²) in [5.74, 6) is 0.516. The van der Waals surface area contributed by atoms with Gasteiger partial charge in [-0.1, -0.05) is 11.6 Å². The van der Waals surface area contributed by atoms with Gasteiger partial charge in [-0.05, 0) is 52.3 Å². The van der Waals surface area contributed by atoms with Crippen LogP contribution in [0.2, 0.25) is 5.02 Å². The topological polar surface area (TPSA) is 71.1 Å². The third-order valence-electron chi connectivity index (χ3n) is 3.30.